The Labute approximate surface area is 150 Å². The van der Waals surface area contributed by atoms with E-state index in [0.29, 0.717) is 19.1 Å². The number of amides is 1. The Balaban J connectivity index is 1.51. The van der Waals surface area contributed by atoms with Crippen molar-refractivity contribution in [3.05, 3.63) is 11.6 Å². The number of ether oxygens (including phenoxy) is 1. The molecular weight excluding hydrogens is 318 g/mol. The third kappa shape index (κ3) is 4.79. The zero-order valence-corrected chi connectivity index (χ0v) is 15.8. The number of hydrogen-bond acceptors (Lipinski definition) is 5. The zero-order valence-electron chi connectivity index (χ0n) is 15.8. The first-order valence-corrected chi connectivity index (χ1v) is 9.55. The maximum Gasteiger partial charge on any atom is 0.236 e. The van der Waals surface area contributed by atoms with Gasteiger partial charge in [0.1, 0.15) is 11.6 Å². The van der Waals surface area contributed by atoms with E-state index in [-0.39, 0.29) is 12.0 Å². The topological polar surface area (TPSA) is 63.5 Å². The van der Waals surface area contributed by atoms with Crippen LogP contribution in [0.25, 0.3) is 0 Å². The first-order chi connectivity index (χ1) is 12.0. The summed E-state index contributed by atoms with van der Waals surface area (Å²) in [6.45, 7) is 11.6. The van der Waals surface area contributed by atoms with E-state index in [4.69, 9.17) is 4.74 Å². The lowest BCUT2D eigenvalue weighted by Crippen LogP contribution is -2.50. The van der Waals surface area contributed by atoms with E-state index in [1.165, 1.54) is 6.42 Å². The van der Waals surface area contributed by atoms with Gasteiger partial charge in [-0.15, -0.1) is 0 Å². The monoisotopic (exact) mass is 349 g/mol. The summed E-state index contributed by atoms with van der Waals surface area (Å²) in [6.07, 6.45) is 3.50. The highest BCUT2D eigenvalue weighted by atomic mass is 16.5. The average Bonchev–Trinajstić information content (AvgIpc) is 2.92. The number of carbonyl (C=O) groups is 1. The van der Waals surface area contributed by atoms with Crippen molar-refractivity contribution < 1.29 is 9.53 Å². The summed E-state index contributed by atoms with van der Waals surface area (Å²) in [4.78, 5) is 21.3. The van der Waals surface area contributed by atoms with Crippen LogP contribution in [0.1, 0.15) is 37.8 Å². The van der Waals surface area contributed by atoms with Gasteiger partial charge in [0.05, 0.1) is 19.3 Å². The molecule has 0 unspecified atom stereocenters. The number of nitrogens with zero attached hydrogens (tertiary/aromatic N) is 5. The van der Waals surface area contributed by atoms with Gasteiger partial charge in [-0.1, -0.05) is 6.92 Å². The van der Waals surface area contributed by atoms with Gasteiger partial charge in [0.15, 0.2) is 0 Å². The van der Waals surface area contributed by atoms with Crippen LogP contribution in [0.15, 0.2) is 0 Å². The smallest absolute Gasteiger partial charge is 0.236 e. The number of piperidine rings is 1. The molecule has 1 aromatic heterocycles. The van der Waals surface area contributed by atoms with Gasteiger partial charge in [0, 0.05) is 26.2 Å². The van der Waals surface area contributed by atoms with Gasteiger partial charge < -0.3 is 9.64 Å². The second kappa shape index (κ2) is 8.27. The van der Waals surface area contributed by atoms with Crippen LogP contribution in [-0.4, -0.2) is 75.9 Å². The summed E-state index contributed by atoms with van der Waals surface area (Å²) in [7, 11) is 0. The number of hydrogen-bond donors (Lipinski definition) is 0. The molecule has 0 spiro atoms. The quantitative estimate of drug-likeness (QED) is 0.800. The van der Waals surface area contributed by atoms with Crippen molar-refractivity contribution in [3.8, 4) is 0 Å². The Hall–Kier alpha value is -1.47. The maximum absolute atomic E-state index is 12.7. The van der Waals surface area contributed by atoms with E-state index in [9.17, 15) is 4.79 Å². The standard InChI is InChI=1S/C18H31N5O2/c1-4-17-12-22(8-9-25-17)18(24)13-21-7-5-6-16(10-21)11-23-15(3)19-14(2)20-23/h16-17H,4-13H2,1-3H3/t16-,17-/m1/s1. The second-order valence-corrected chi connectivity index (χ2v) is 7.37. The minimum Gasteiger partial charge on any atom is -0.375 e. The Morgan fingerprint density at radius 2 is 2.12 bits per heavy atom. The van der Waals surface area contributed by atoms with Gasteiger partial charge >= 0.3 is 0 Å². The fourth-order valence-corrected chi connectivity index (χ4v) is 3.91. The molecule has 2 aliphatic heterocycles. The molecule has 25 heavy (non-hydrogen) atoms. The minimum atomic E-state index is 0.199. The third-order valence-corrected chi connectivity index (χ3v) is 5.30. The zero-order chi connectivity index (χ0) is 17.8. The molecule has 2 saturated heterocycles. The predicted molar refractivity (Wildman–Crippen MR) is 95.3 cm³/mol. The molecule has 0 bridgehead atoms. The van der Waals surface area contributed by atoms with E-state index in [2.05, 4.69) is 21.9 Å². The number of aromatic nitrogens is 3. The lowest BCUT2D eigenvalue weighted by atomic mass is 9.98. The molecule has 3 heterocycles. The van der Waals surface area contributed by atoms with Crippen molar-refractivity contribution in [1.29, 1.82) is 0 Å². The van der Waals surface area contributed by atoms with E-state index >= 15 is 0 Å². The molecule has 2 aliphatic rings. The highest BCUT2D eigenvalue weighted by molar-refractivity contribution is 5.78. The normalized spacial score (nSPS) is 25.3. The summed E-state index contributed by atoms with van der Waals surface area (Å²) >= 11 is 0. The molecule has 140 valence electrons. The largest absolute Gasteiger partial charge is 0.375 e. The number of likely N-dealkylation sites (tertiary alicyclic amines) is 1. The van der Waals surface area contributed by atoms with Crippen LogP contribution in [0.4, 0.5) is 0 Å². The highest BCUT2D eigenvalue weighted by Crippen LogP contribution is 2.19. The summed E-state index contributed by atoms with van der Waals surface area (Å²) in [5, 5.41) is 4.48. The molecule has 0 N–H and O–H groups in total. The van der Waals surface area contributed by atoms with Gasteiger partial charge in [0.25, 0.3) is 0 Å². The van der Waals surface area contributed by atoms with Crippen LogP contribution in [0.3, 0.4) is 0 Å². The van der Waals surface area contributed by atoms with E-state index < -0.39 is 0 Å². The van der Waals surface area contributed by atoms with Gasteiger partial charge in [0.2, 0.25) is 5.91 Å². The van der Waals surface area contributed by atoms with Gasteiger partial charge in [-0.3, -0.25) is 9.69 Å². The van der Waals surface area contributed by atoms with Crippen LogP contribution < -0.4 is 0 Å². The van der Waals surface area contributed by atoms with Crippen molar-refractivity contribution >= 4 is 5.91 Å². The molecular formula is C18H31N5O2. The molecule has 2 fully saturated rings. The molecule has 0 aromatic carbocycles. The fourth-order valence-electron chi connectivity index (χ4n) is 3.91. The van der Waals surface area contributed by atoms with Crippen LogP contribution in [-0.2, 0) is 16.1 Å². The highest BCUT2D eigenvalue weighted by Gasteiger charge is 2.27. The number of aryl methyl sites for hydroxylation is 2. The fraction of sp³-hybridized carbons (Fsp3) is 0.833. The molecule has 0 aliphatic carbocycles. The van der Waals surface area contributed by atoms with Gasteiger partial charge in [-0.2, -0.15) is 5.10 Å². The Kier molecular flexibility index (Phi) is 6.06. The third-order valence-electron chi connectivity index (χ3n) is 5.30. The maximum atomic E-state index is 12.7. The van der Waals surface area contributed by atoms with E-state index in [1.807, 2.05) is 23.4 Å². The number of morpholine rings is 1. The Morgan fingerprint density at radius 3 is 2.84 bits per heavy atom. The summed E-state index contributed by atoms with van der Waals surface area (Å²) in [5.41, 5.74) is 0. The number of carbonyl (C=O) groups excluding carboxylic acids is 1. The predicted octanol–water partition coefficient (Wildman–Crippen LogP) is 1.24. The summed E-state index contributed by atoms with van der Waals surface area (Å²) < 4.78 is 7.68. The average molecular weight is 349 g/mol. The van der Waals surface area contributed by atoms with Gasteiger partial charge in [-0.25, -0.2) is 9.67 Å². The first kappa shape index (κ1) is 18.3. The van der Waals surface area contributed by atoms with Crippen LogP contribution in [0, 0.1) is 19.8 Å². The van der Waals surface area contributed by atoms with Crippen LogP contribution >= 0.6 is 0 Å². The van der Waals surface area contributed by atoms with Crippen molar-refractivity contribution in [1.82, 2.24) is 24.6 Å². The van der Waals surface area contributed by atoms with Crippen LogP contribution in [0.5, 0.6) is 0 Å². The molecule has 2 atom stereocenters. The number of rotatable bonds is 5. The molecule has 0 radical (unpaired) electrons. The lowest BCUT2D eigenvalue weighted by Gasteiger charge is -2.36. The van der Waals surface area contributed by atoms with Gasteiger partial charge in [-0.05, 0) is 45.6 Å². The SMILES string of the molecule is CC[C@@H]1CN(C(=O)CN2CCC[C@@H](Cn3nc(C)nc3C)C2)CCO1. The Bertz CT molecular complexity index is 588. The van der Waals surface area contributed by atoms with E-state index in [1.54, 1.807) is 0 Å². The Morgan fingerprint density at radius 1 is 1.28 bits per heavy atom. The van der Waals surface area contributed by atoms with E-state index in [0.717, 1.165) is 57.2 Å². The van der Waals surface area contributed by atoms with Crippen molar-refractivity contribution in [3.63, 3.8) is 0 Å². The first-order valence-electron chi connectivity index (χ1n) is 9.55. The van der Waals surface area contributed by atoms with Crippen LogP contribution in [0.2, 0.25) is 0 Å². The lowest BCUT2D eigenvalue weighted by molar-refractivity contribution is -0.140. The second-order valence-electron chi connectivity index (χ2n) is 7.37. The molecule has 1 aromatic rings. The molecule has 3 rings (SSSR count). The van der Waals surface area contributed by atoms with Crippen molar-refractivity contribution in [2.75, 3.05) is 39.3 Å². The molecule has 7 nitrogen and oxygen atoms in total. The minimum absolute atomic E-state index is 0.199. The molecule has 0 saturated carbocycles. The van der Waals surface area contributed by atoms with Crippen molar-refractivity contribution in [2.24, 2.45) is 5.92 Å². The summed E-state index contributed by atoms with van der Waals surface area (Å²) in [5.74, 6) is 2.59. The van der Waals surface area contributed by atoms with Crippen molar-refractivity contribution in [2.45, 2.75) is 52.7 Å². The molecule has 1 amide bonds. The summed E-state index contributed by atoms with van der Waals surface area (Å²) in [6, 6.07) is 0. The molecule has 7 heteroatoms.